The van der Waals surface area contributed by atoms with Gasteiger partial charge < -0.3 is 5.11 Å². The molecule has 2 heteroatoms. The Balaban J connectivity index is 2.40. The quantitative estimate of drug-likeness (QED) is 0.887. The molecule has 2 aromatic carbocycles. The van der Waals surface area contributed by atoms with Gasteiger partial charge in [-0.3, -0.25) is 0 Å². The Morgan fingerprint density at radius 1 is 1.00 bits per heavy atom. The average Bonchev–Trinajstić information content (AvgIpc) is 2.36. The van der Waals surface area contributed by atoms with E-state index in [-0.39, 0.29) is 5.82 Å². The topological polar surface area (TPSA) is 20.2 Å². The minimum atomic E-state index is -1.01. The SMILES string of the molecule is Cc1ccc(C)c(C(C)(O)Cc2cc(F)ccc2C)c1. The first kappa shape index (κ1) is 14.7. The summed E-state index contributed by atoms with van der Waals surface area (Å²) in [4.78, 5) is 0. The van der Waals surface area contributed by atoms with Gasteiger partial charge in [-0.25, -0.2) is 4.39 Å². The van der Waals surface area contributed by atoms with E-state index in [9.17, 15) is 9.50 Å². The number of halogens is 1. The zero-order valence-electron chi connectivity index (χ0n) is 12.5. The second-order valence-corrected chi connectivity index (χ2v) is 5.84. The summed E-state index contributed by atoms with van der Waals surface area (Å²) >= 11 is 0. The molecule has 0 aliphatic rings. The van der Waals surface area contributed by atoms with Gasteiger partial charge in [-0.2, -0.15) is 0 Å². The molecule has 0 amide bonds. The van der Waals surface area contributed by atoms with E-state index in [4.69, 9.17) is 0 Å². The second-order valence-electron chi connectivity index (χ2n) is 5.84. The van der Waals surface area contributed by atoms with Crippen molar-refractivity contribution in [3.63, 3.8) is 0 Å². The van der Waals surface area contributed by atoms with Crippen LogP contribution in [0.5, 0.6) is 0 Å². The molecular weight excluding hydrogens is 251 g/mol. The highest BCUT2D eigenvalue weighted by Crippen LogP contribution is 2.30. The van der Waals surface area contributed by atoms with Crippen molar-refractivity contribution in [1.82, 2.24) is 0 Å². The van der Waals surface area contributed by atoms with Gasteiger partial charge in [-0.1, -0.05) is 29.8 Å². The molecule has 0 radical (unpaired) electrons. The molecule has 2 rings (SSSR count). The number of benzene rings is 2. The molecule has 1 nitrogen and oxygen atoms in total. The molecule has 0 bridgehead atoms. The highest BCUT2D eigenvalue weighted by Gasteiger charge is 2.26. The lowest BCUT2D eigenvalue weighted by Gasteiger charge is -2.27. The summed E-state index contributed by atoms with van der Waals surface area (Å²) in [5.74, 6) is -0.262. The van der Waals surface area contributed by atoms with E-state index in [1.54, 1.807) is 13.0 Å². The van der Waals surface area contributed by atoms with Gasteiger partial charge in [0.1, 0.15) is 5.82 Å². The van der Waals surface area contributed by atoms with Crippen LogP contribution in [0.1, 0.15) is 34.7 Å². The molecule has 1 atom stereocenters. The summed E-state index contributed by atoms with van der Waals surface area (Å²) in [6.07, 6.45) is 0.404. The van der Waals surface area contributed by atoms with Crippen molar-refractivity contribution in [3.8, 4) is 0 Å². The highest BCUT2D eigenvalue weighted by molar-refractivity contribution is 5.37. The van der Waals surface area contributed by atoms with Crippen molar-refractivity contribution >= 4 is 0 Å². The maximum atomic E-state index is 13.4. The van der Waals surface area contributed by atoms with Crippen molar-refractivity contribution < 1.29 is 9.50 Å². The molecule has 2 aromatic rings. The third-order valence-electron chi connectivity index (χ3n) is 3.82. The zero-order chi connectivity index (χ0) is 14.9. The zero-order valence-corrected chi connectivity index (χ0v) is 12.5. The van der Waals surface area contributed by atoms with Gasteiger partial charge >= 0.3 is 0 Å². The van der Waals surface area contributed by atoms with Gasteiger partial charge in [0, 0.05) is 6.42 Å². The van der Waals surface area contributed by atoms with Crippen LogP contribution in [0.15, 0.2) is 36.4 Å². The molecule has 0 saturated carbocycles. The lowest BCUT2D eigenvalue weighted by Crippen LogP contribution is -2.26. The lowest BCUT2D eigenvalue weighted by atomic mass is 9.84. The maximum absolute atomic E-state index is 13.4. The van der Waals surface area contributed by atoms with Crippen LogP contribution in [0.3, 0.4) is 0 Å². The third-order valence-corrected chi connectivity index (χ3v) is 3.82. The smallest absolute Gasteiger partial charge is 0.123 e. The Morgan fingerprint density at radius 2 is 1.65 bits per heavy atom. The van der Waals surface area contributed by atoms with Gasteiger partial charge in [-0.05, 0) is 62.1 Å². The third kappa shape index (κ3) is 3.07. The Hall–Kier alpha value is -1.67. The van der Waals surface area contributed by atoms with E-state index in [1.165, 1.54) is 12.1 Å². The Morgan fingerprint density at radius 3 is 2.35 bits per heavy atom. The van der Waals surface area contributed by atoms with Crippen LogP contribution >= 0.6 is 0 Å². The molecule has 0 fully saturated rings. The van der Waals surface area contributed by atoms with Crippen molar-refractivity contribution in [2.75, 3.05) is 0 Å². The summed E-state index contributed by atoms with van der Waals surface area (Å²) in [7, 11) is 0. The predicted octanol–water partition coefficient (Wildman–Crippen LogP) is 4.20. The van der Waals surface area contributed by atoms with E-state index in [1.807, 2.05) is 39.0 Å². The highest BCUT2D eigenvalue weighted by atomic mass is 19.1. The summed E-state index contributed by atoms with van der Waals surface area (Å²) in [5.41, 5.74) is 3.90. The molecular formula is C18H21FO. The van der Waals surface area contributed by atoms with E-state index < -0.39 is 5.60 Å². The second kappa shape index (κ2) is 5.37. The first-order valence-electron chi connectivity index (χ1n) is 6.85. The first-order valence-corrected chi connectivity index (χ1v) is 6.85. The van der Waals surface area contributed by atoms with E-state index in [2.05, 4.69) is 0 Å². The normalized spacial score (nSPS) is 14.1. The van der Waals surface area contributed by atoms with Crippen LogP contribution in [0.2, 0.25) is 0 Å². The number of aliphatic hydroxyl groups is 1. The fourth-order valence-electron chi connectivity index (χ4n) is 2.61. The molecule has 0 aliphatic carbocycles. The minimum absolute atomic E-state index is 0.262. The number of rotatable bonds is 3. The monoisotopic (exact) mass is 272 g/mol. The predicted molar refractivity (Wildman–Crippen MR) is 80.3 cm³/mol. The molecule has 1 unspecified atom stereocenters. The fourth-order valence-corrected chi connectivity index (χ4v) is 2.61. The van der Waals surface area contributed by atoms with Crippen LogP contribution in [-0.2, 0) is 12.0 Å². The van der Waals surface area contributed by atoms with Gasteiger partial charge in [0.05, 0.1) is 5.60 Å². The van der Waals surface area contributed by atoms with Crippen LogP contribution in [-0.4, -0.2) is 5.11 Å². The summed E-state index contributed by atoms with van der Waals surface area (Å²) in [6, 6.07) is 10.8. The summed E-state index contributed by atoms with van der Waals surface area (Å²) in [6.45, 7) is 7.72. The molecule has 0 aliphatic heterocycles. The lowest BCUT2D eigenvalue weighted by molar-refractivity contribution is 0.0567. The molecule has 106 valence electrons. The van der Waals surface area contributed by atoms with Gasteiger partial charge in [0.15, 0.2) is 0 Å². The van der Waals surface area contributed by atoms with E-state index in [0.717, 1.165) is 27.8 Å². The van der Waals surface area contributed by atoms with Crippen LogP contribution in [0, 0.1) is 26.6 Å². The molecule has 1 N–H and O–H groups in total. The molecule has 20 heavy (non-hydrogen) atoms. The Kier molecular flexibility index (Phi) is 3.96. The molecule has 0 spiro atoms. The number of hydrogen-bond donors (Lipinski definition) is 1. The fraction of sp³-hybridized carbons (Fsp3) is 0.333. The molecule has 0 saturated heterocycles. The van der Waals surface area contributed by atoms with Crippen LogP contribution < -0.4 is 0 Å². The van der Waals surface area contributed by atoms with Crippen LogP contribution in [0.4, 0.5) is 4.39 Å². The van der Waals surface area contributed by atoms with Gasteiger partial charge in [0.2, 0.25) is 0 Å². The maximum Gasteiger partial charge on any atom is 0.123 e. The van der Waals surface area contributed by atoms with Crippen molar-refractivity contribution in [2.24, 2.45) is 0 Å². The molecule has 0 aromatic heterocycles. The first-order chi connectivity index (χ1) is 9.29. The average molecular weight is 272 g/mol. The van der Waals surface area contributed by atoms with Crippen molar-refractivity contribution in [3.05, 3.63) is 70.0 Å². The standard InChI is InChI=1S/C18H21FO/c1-12-5-6-14(3)17(9-12)18(4,20)11-15-10-16(19)8-7-13(15)2/h5-10,20H,11H2,1-4H3. The Labute approximate surface area is 120 Å². The Bertz CT molecular complexity index is 629. The van der Waals surface area contributed by atoms with Crippen LogP contribution in [0.25, 0.3) is 0 Å². The molecule has 0 heterocycles. The van der Waals surface area contributed by atoms with E-state index in [0.29, 0.717) is 6.42 Å². The summed E-state index contributed by atoms with van der Waals surface area (Å²) in [5, 5.41) is 10.8. The van der Waals surface area contributed by atoms with E-state index >= 15 is 0 Å². The number of aryl methyl sites for hydroxylation is 3. The number of hydrogen-bond acceptors (Lipinski definition) is 1. The minimum Gasteiger partial charge on any atom is -0.385 e. The van der Waals surface area contributed by atoms with Crippen molar-refractivity contribution in [2.45, 2.75) is 39.7 Å². The van der Waals surface area contributed by atoms with Crippen molar-refractivity contribution in [1.29, 1.82) is 0 Å². The van der Waals surface area contributed by atoms with Gasteiger partial charge in [0.25, 0.3) is 0 Å². The summed E-state index contributed by atoms with van der Waals surface area (Å²) < 4.78 is 13.4. The largest absolute Gasteiger partial charge is 0.385 e. The van der Waals surface area contributed by atoms with Gasteiger partial charge in [-0.15, -0.1) is 0 Å².